The maximum atomic E-state index is 12.0. The topological polar surface area (TPSA) is 50.8 Å². The molecule has 1 heterocycles. The minimum absolute atomic E-state index is 0.157. The summed E-state index contributed by atoms with van der Waals surface area (Å²) < 4.78 is 10.5. The Morgan fingerprint density at radius 3 is 2.83 bits per heavy atom. The molecule has 3 rings (SSSR count). The van der Waals surface area contributed by atoms with Crippen LogP contribution in [0.25, 0.3) is 6.08 Å². The molecule has 0 spiro atoms. The maximum Gasteiger partial charge on any atom is 0.262 e. The molecule has 0 saturated carbocycles. The van der Waals surface area contributed by atoms with E-state index < -0.39 is 0 Å². The number of para-hydroxylation sites is 1. The van der Waals surface area contributed by atoms with Gasteiger partial charge in [0.25, 0.3) is 5.91 Å². The second kappa shape index (κ2) is 6.62. The molecule has 0 bridgehead atoms. The average Bonchev–Trinajstić information content (AvgIpc) is 3.03. The molecule has 0 unspecified atom stereocenters. The van der Waals surface area contributed by atoms with E-state index in [1.807, 2.05) is 30.3 Å². The van der Waals surface area contributed by atoms with E-state index >= 15 is 0 Å². The quantitative estimate of drug-likeness (QED) is 0.690. The first-order chi connectivity index (χ1) is 11.1. The van der Waals surface area contributed by atoms with Crippen molar-refractivity contribution in [2.24, 2.45) is 0 Å². The van der Waals surface area contributed by atoms with E-state index in [4.69, 9.17) is 21.1 Å². The average molecular weight is 331 g/mol. The number of hydrazine groups is 1. The van der Waals surface area contributed by atoms with Gasteiger partial charge in [0.15, 0.2) is 11.5 Å². The molecule has 118 valence electrons. The van der Waals surface area contributed by atoms with E-state index in [1.165, 1.54) is 6.08 Å². The smallest absolute Gasteiger partial charge is 0.262 e. The normalized spacial score (nSPS) is 12.4. The summed E-state index contributed by atoms with van der Waals surface area (Å²) in [6.07, 6.45) is 3.11. The first-order valence-electron chi connectivity index (χ1n) is 7.00. The molecule has 0 radical (unpaired) electrons. The second-order valence-corrected chi connectivity index (χ2v) is 5.35. The number of amides is 1. The van der Waals surface area contributed by atoms with Crippen molar-refractivity contribution in [2.75, 3.05) is 18.8 Å². The van der Waals surface area contributed by atoms with Crippen LogP contribution in [0.15, 0.2) is 48.5 Å². The lowest BCUT2D eigenvalue weighted by atomic mass is 10.2. The number of anilines is 1. The van der Waals surface area contributed by atoms with Gasteiger partial charge >= 0.3 is 0 Å². The van der Waals surface area contributed by atoms with Gasteiger partial charge in [-0.1, -0.05) is 29.8 Å². The SMILES string of the molecule is CN(NC(=O)/C=C/c1cc(Cl)c2c(c1)OCO2)c1ccccc1. The number of fused-ring (bicyclic) bond motifs is 1. The van der Waals surface area contributed by atoms with Gasteiger partial charge in [-0.25, -0.2) is 0 Å². The highest BCUT2D eigenvalue weighted by Crippen LogP contribution is 2.40. The molecule has 0 atom stereocenters. The number of nitrogens with zero attached hydrogens (tertiary/aromatic N) is 1. The van der Waals surface area contributed by atoms with Crippen LogP contribution in [-0.2, 0) is 4.79 Å². The summed E-state index contributed by atoms with van der Waals surface area (Å²) >= 11 is 6.11. The first kappa shape index (κ1) is 15.2. The van der Waals surface area contributed by atoms with Crippen LogP contribution >= 0.6 is 11.6 Å². The van der Waals surface area contributed by atoms with Gasteiger partial charge in [0, 0.05) is 13.1 Å². The van der Waals surface area contributed by atoms with Gasteiger partial charge in [-0.3, -0.25) is 15.2 Å². The number of benzene rings is 2. The molecule has 2 aromatic rings. The molecule has 1 aliphatic heterocycles. The Hall–Kier alpha value is -2.66. The maximum absolute atomic E-state index is 12.0. The predicted molar refractivity (Wildman–Crippen MR) is 89.6 cm³/mol. The Balaban J connectivity index is 1.66. The monoisotopic (exact) mass is 330 g/mol. The molecule has 1 aliphatic rings. The van der Waals surface area contributed by atoms with E-state index in [0.717, 1.165) is 11.3 Å². The molecule has 0 aromatic heterocycles. The van der Waals surface area contributed by atoms with Crippen molar-refractivity contribution in [3.8, 4) is 11.5 Å². The van der Waals surface area contributed by atoms with Gasteiger partial charge in [0.2, 0.25) is 6.79 Å². The molecule has 0 aliphatic carbocycles. The fourth-order valence-electron chi connectivity index (χ4n) is 2.17. The third-order valence-corrected chi connectivity index (χ3v) is 3.58. The minimum Gasteiger partial charge on any atom is -0.454 e. The number of carbonyl (C=O) groups excluding carboxylic acids is 1. The van der Waals surface area contributed by atoms with Gasteiger partial charge in [-0.2, -0.15) is 0 Å². The highest BCUT2D eigenvalue weighted by atomic mass is 35.5. The van der Waals surface area contributed by atoms with Crippen molar-refractivity contribution in [1.82, 2.24) is 5.43 Å². The van der Waals surface area contributed by atoms with E-state index in [2.05, 4.69) is 5.43 Å². The summed E-state index contributed by atoms with van der Waals surface area (Å²) in [6, 6.07) is 13.0. The molecular weight excluding hydrogens is 316 g/mol. The molecule has 0 fully saturated rings. The van der Waals surface area contributed by atoms with E-state index in [-0.39, 0.29) is 12.7 Å². The summed E-state index contributed by atoms with van der Waals surface area (Å²) in [5, 5.41) is 2.11. The van der Waals surface area contributed by atoms with Crippen LogP contribution in [0, 0.1) is 0 Å². The van der Waals surface area contributed by atoms with E-state index in [1.54, 1.807) is 30.3 Å². The fraction of sp³-hybridized carbons (Fsp3) is 0.118. The Morgan fingerprint density at radius 2 is 2.04 bits per heavy atom. The van der Waals surface area contributed by atoms with Crippen molar-refractivity contribution in [2.45, 2.75) is 0 Å². The minimum atomic E-state index is -0.245. The van der Waals surface area contributed by atoms with Crippen molar-refractivity contribution in [1.29, 1.82) is 0 Å². The molecule has 1 amide bonds. The lowest BCUT2D eigenvalue weighted by molar-refractivity contribution is -0.116. The lowest BCUT2D eigenvalue weighted by Crippen LogP contribution is -2.38. The zero-order chi connectivity index (χ0) is 16.2. The van der Waals surface area contributed by atoms with Crippen LogP contribution in [0.4, 0.5) is 5.69 Å². The number of carbonyl (C=O) groups is 1. The molecule has 0 saturated heterocycles. The highest BCUT2D eigenvalue weighted by molar-refractivity contribution is 6.32. The van der Waals surface area contributed by atoms with Crippen molar-refractivity contribution < 1.29 is 14.3 Å². The van der Waals surface area contributed by atoms with Gasteiger partial charge in [-0.05, 0) is 35.9 Å². The Kier molecular flexibility index (Phi) is 4.39. The molecule has 1 N–H and O–H groups in total. The summed E-state index contributed by atoms with van der Waals surface area (Å²) in [6.45, 7) is 0.157. The van der Waals surface area contributed by atoms with Crippen LogP contribution in [0.1, 0.15) is 5.56 Å². The van der Waals surface area contributed by atoms with Crippen LogP contribution in [0.5, 0.6) is 11.5 Å². The zero-order valence-electron chi connectivity index (χ0n) is 12.5. The van der Waals surface area contributed by atoms with Crippen LogP contribution in [0.3, 0.4) is 0 Å². The summed E-state index contributed by atoms with van der Waals surface area (Å²) in [5.74, 6) is 0.876. The van der Waals surface area contributed by atoms with E-state index in [0.29, 0.717) is 16.5 Å². The van der Waals surface area contributed by atoms with Crippen LogP contribution in [-0.4, -0.2) is 19.7 Å². The van der Waals surface area contributed by atoms with Gasteiger partial charge < -0.3 is 9.47 Å². The molecular formula is C17H15ClN2O3. The largest absolute Gasteiger partial charge is 0.454 e. The predicted octanol–water partition coefficient (Wildman–Crippen LogP) is 3.25. The third kappa shape index (κ3) is 3.57. The number of ether oxygens (including phenoxy) is 2. The van der Waals surface area contributed by atoms with Gasteiger partial charge in [0.05, 0.1) is 10.7 Å². The van der Waals surface area contributed by atoms with Gasteiger partial charge in [0.1, 0.15) is 0 Å². The zero-order valence-corrected chi connectivity index (χ0v) is 13.2. The standard InChI is InChI=1S/C17H15ClN2O3/c1-20(13-5-3-2-4-6-13)19-16(21)8-7-12-9-14(18)17-15(10-12)22-11-23-17/h2-10H,11H2,1H3,(H,19,21)/b8-7+. The van der Waals surface area contributed by atoms with Crippen molar-refractivity contribution >= 4 is 29.3 Å². The Labute approximate surface area is 139 Å². The summed E-state index contributed by atoms with van der Waals surface area (Å²) in [7, 11) is 1.78. The summed E-state index contributed by atoms with van der Waals surface area (Å²) in [4.78, 5) is 12.0. The van der Waals surface area contributed by atoms with Crippen LogP contribution in [0.2, 0.25) is 5.02 Å². The van der Waals surface area contributed by atoms with Crippen molar-refractivity contribution in [3.63, 3.8) is 0 Å². The number of rotatable bonds is 4. The highest BCUT2D eigenvalue weighted by Gasteiger charge is 2.17. The number of hydrogen-bond acceptors (Lipinski definition) is 4. The molecule has 5 nitrogen and oxygen atoms in total. The van der Waals surface area contributed by atoms with Crippen molar-refractivity contribution in [3.05, 3.63) is 59.1 Å². The lowest BCUT2D eigenvalue weighted by Gasteiger charge is -2.19. The molecule has 2 aromatic carbocycles. The second-order valence-electron chi connectivity index (χ2n) is 4.94. The Morgan fingerprint density at radius 1 is 1.26 bits per heavy atom. The fourth-order valence-corrected chi connectivity index (χ4v) is 2.45. The number of nitrogens with one attached hydrogen (secondary N) is 1. The van der Waals surface area contributed by atoms with E-state index in [9.17, 15) is 4.79 Å². The summed E-state index contributed by atoms with van der Waals surface area (Å²) in [5.41, 5.74) is 4.40. The molecule has 6 heteroatoms. The first-order valence-corrected chi connectivity index (χ1v) is 7.38. The molecule has 23 heavy (non-hydrogen) atoms. The number of hydrogen-bond donors (Lipinski definition) is 1. The number of halogens is 1. The third-order valence-electron chi connectivity index (χ3n) is 3.30. The van der Waals surface area contributed by atoms with Gasteiger partial charge in [-0.15, -0.1) is 0 Å². The van der Waals surface area contributed by atoms with Crippen LogP contribution < -0.4 is 19.9 Å². The Bertz CT molecular complexity index is 747.